The van der Waals surface area contributed by atoms with Crippen molar-refractivity contribution in [1.82, 2.24) is 5.32 Å². The van der Waals surface area contributed by atoms with Gasteiger partial charge in [0.2, 0.25) is 5.91 Å². The number of nitrogens with one attached hydrogen (secondary N) is 2. The number of hydrogen-bond donors (Lipinski definition) is 2. The third-order valence-electron chi connectivity index (χ3n) is 6.80. The fraction of sp³-hybridized carbons (Fsp3) is 0.667. The minimum atomic E-state index is -0.196. The molecule has 1 atom stereocenters. The Morgan fingerprint density at radius 1 is 1.08 bits per heavy atom. The van der Waals surface area contributed by atoms with Gasteiger partial charge in [-0.2, -0.15) is 0 Å². The number of amides is 1. The highest BCUT2D eigenvalue weighted by molar-refractivity contribution is 5.85. The highest BCUT2D eigenvalue weighted by Gasteiger charge is 2.51. The smallest absolute Gasteiger partial charge is 0.242 e. The van der Waals surface area contributed by atoms with Crippen molar-refractivity contribution in [3.05, 3.63) is 29.3 Å². The Morgan fingerprint density at radius 2 is 1.67 bits per heavy atom. The predicted octanol–water partition coefficient (Wildman–Crippen LogP) is 4.19. The van der Waals surface area contributed by atoms with Crippen molar-refractivity contribution in [2.24, 2.45) is 17.8 Å². The topological polar surface area (TPSA) is 41.1 Å². The molecule has 2 N–H and O–H groups in total. The molecular weight excluding hydrogens is 296 g/mol. The minimum absolute atomic E-state index is 0.101. The maximum atomic E-state index is 12.9. The quantitative estimate of drug-likeness (QED) is 0.871. The van der Waals surface area contributed by atoms with E-state index in [0.717, 1.165) is 23.4 Å². The van der Waals surface area contributed by atoms with Crippen molar-refractivity contribution in [3.63, 3.8) is 0 Å². The van der Waals surface area contributed by atoms with Crippen LogP contribution in [0.1, 0.15) is 56.6 Å². The van der Waals surface area contributed by atoms with Crippen LogP contribution < -0.4 is 10.6 Å². The molecule has 3 heteroatoms. The van der Waals surface area contributed by atoms with Crippen molar-refractivity contribution >= 4 is 11.6 Å². The summed E-state index contributed by atoms with van der Waals surface area (Å²) < 4.78 is 0. The van der Waals surface area contributed by atoms with E-state index in [1.54, 1.807) is 0 Å². The highest BCUT2D eigenvalue weighted by Crippen LogP contribution is 2.55. The standard InChI is InChI=1S/C21H30N2O/c1-13-5-4-6-19(14(13)2)22-15(3)20(24)23-21-10-16-7-17(11-21)9-18(8-16)12-21/h4-6,15-18,22H,7-12H2,1-3H3,(H,23,24). The van der Waals surface area contributed by atoms with Crippen LogP contribution in [0.2, 0.25) is 0 Å². The molecule has 0 aliphatic heterocycles. The largest absolute Gasteiger partial charge is 0.374 e. The van der Waals surface area contributed by atoms with Gasteiger partial charge in [0.15, 0.2) is 0 Å². The van der Waals surface area contributed by atoms with Crippen LogP contribution in [0.25, 0.3) is 0 Å². The molecular formula is C21H30N2O. The van der Waals surface area contributed by atoms with Gasteiger partial charge in [-0.1, -0.05) is 12.1 Å². The SMILES string of the molecule is Cc1cccc(NC(C)C(=O)NC23CC4CC(CC(C4)C2)C3)c1C. The summed E-state index contributed by atoms with van der Waals surface area (Å²) in [6, 6.07) is 6.03. The normalized spacial score (nSPS) is 34.9. The first-order chi connectivity index (χ1) is 11.4. The third-order valence-corrected chi connectivity index (χ3v) is 6.80. The molecule has 1 aromatic carbocycles. The van der Waals surface area contributed by atoms with Gasteiger partial charge in [0.1, 0.15) is 6.04 Å². The zero-order chi connectivity index (χ0) is 16.9. The average molecular weight is 326 g/mol. The number of anilines is 1. The van der Waals surface area contributed by atoms with Gasteiger partial charge in [0.25, 0.3) is 0 Å². The molecule has 0 heterocycles. The Morgan fingerprint density at radius 3 is 2.25 bits per heavy atom. The zero-order valence-corrected chi connectivity index (χ0v) is 15.2. The van der Waals surface area contributed by atoms with Crippen molar-refractivity contribution < 1.29 is 4.79 Å². The minimum Gasteiger partial charge on any atom is -0.374 e. The number of benzene rings is 1. The molecule has 4 fully saturated rings. The van der Waals surface area contributed by atoms with Crippen molar-refractivity contribution in [2.45, 2.75) is 70.9 Å². The van der Waals surface area contributed by atoms with E-state index in [0.29, 0.717) is 0 Å². The van der Waals surface area contributed by atoms with Gasteiger partial charge in [-0.05, 0) is 94.2 Å². The lowest BCUT2D eigenvalue weighted by Crippen LogP contribution is -2.61. The van der Waals surface area contributed by atoms with Crippen molar-refractivity contribution in [3.8, 4) is 0 Å². The van der Waals surface area contributed by atoms with Crippen LogP contribution in [0.15, 0.2) is 18.2 Å². The summed E-state index contributed by atoms with van der Waals surface area (Å²) in [6.45, 7) is 6.21. The average Bonchev–Trinajstić information content (AvgIpc) is 2.50. The predicted molar refractivity (Wildman–Crippen MR) is 98.0 cm³/mol. The lowest BCUT2D eigenvalue weighted by Gasteiger charge is -2.57. The van der Waals surface area contributed by atoms with Crippen LogP contribution in [0.3, 0.4) is 0 Å². The molecule has 24 heavy (non-hydrogen) atoms. The maximum Gasteiger partial charge on any atom is 0.242 e. The number of aryl methyl sites for hydroxylation is 1. The van der Waals surface area contributed by atoms with Gasteiger partial charge in [-0.25, -0.2) is 0 Å². The molecule has 4 aliphatic rings. The number of rotatable bonds is 4. The molecule has 1 amide bonds. The summed E-state index contributed by atoms with van der Waals surface area (Å²) in [5.74, 6) is 2.74. The summed E-state index contributed by atoms with van der Waals surface area (Å²) in [4.78, 5) is 12.9. The molecule has 0 spiro atoms. The monoisotopic (exact) mass is 326 g/mol. The molecule has 3 nitrogen and oxygen atoms in total. The molecule has 5 rings (SSSR count). The molecule has 1 unspecified atom stereocenters. The van der Waals surface area contributed by atoms with E-state index in [9.17, 15) is 4.79 Å². The zero-order valence-electron chi connectivity index (χ0n) is 15.2. The summed E-state index contributed by atoms with van der Waals surface area (Å²) >= 11 is 0. The fourth-order valence-electron chi connectivity index (χ4n) is 5.84. The second kappa shape index (κ2) is 5.79. The maximum absolute atomic E-state index is 12.9. The van der Waals surface area contributed by atoms with Crippen LogP contribution >= 0.6 is 0 Å². The molecule has 4 aliphatic carbocycles. The van der Waals surface area contributed by atoms with Crippen LogP contribution in [-0.2, 0) is 4.79 Å². The summed E-state index contributed by atoms with van der Waals surface area (Å²) in [5.41, 5.74) is 3.66. The Kier molecular flexibility index (Phi) is 3.85. The van der Waals surface area contributed by atoms with E-state index in [-0.39, 0.29) is 17.5 Å². The first-order valence-electron chi connectivity index (χ1n) is 9.59. The van der Waals surface area contributed by atoms with E-state index in [1.165, 1.54) is 49.7 Å². The van der Waals surface area contributed by atoms with Gasteiger partial charge >= 0.3 is 0 Å². The number of carbonyl (C=O) groups excluding carboxylic acids is 1. The van der Waals surface area contributed by atoms with Crippen LogP contribution in [-0.4, -0.2) is 17.5 Å². The van der Waals surface area contributed by atoms with E-state index < -0.39 is 0 Å². The molecule has 4 saturated carbocycles. The Balaban J connectivity index is 1.43. The van der Waals surface area contributed by atoms with E-state index in [4.69, 9.17) is 0 Å². The van der Waals surface area contributed by atoms with E-state index in [2.05, 4.69) is 36.6 Å². The highest BCUT2D eigenvalue weighted by atomic mass is 16.2. The van der Waals surface area contributed by atoms with Crippen LogP contribution in [0, 0.1) is 31.6 Å². The Bertz CT molecular complexity index is 616. The van der Waals surface area contributed by atoms with Gasteiger partial charge in [0, 0.05) is 11.2 Å². The third kappa shape index (κ3) is 2.82. The van der Waals surface area contributed by atoms with Crippen LogP contribution in [0.4, 0.5) is 5.69 Å². The molecule has 0 radical (unpaired) electrons. The fourth-order valence-corrected chi connectivity index (χ4v) is 5.84. The molecule has 0 aromatic heterocycles. The molecule has 1 aromatic rings. The van der Waals surface area contributed by atoms with Gasteiger partial charge in [0.05, 0.1) is 0 Å². The van der Waals surface area contributed by atoms with E-state index in [1.807, 2.05) is 13.0 Å². The first kappa shape index (κ1) is 16.0. The van der Waals surface area contributed by atoms with E-state index >= 15 is 0 Å². The second-order valence-corrected chi connectivity index (χ2v) is 8.80. The lowest BCUT2D eigenvalue weighted by atomic mass is 9.53. The van der Waals surface area contributed by atoms with Crippen molar-refractivity contribution in [2.75, 3.05) is 5.32 Å². The Labute approximate surface area is 145 Å². The second-order valence-electron chi connectivity index (χ2n) is 8.80. The number of hydrogen-bond acceptors (Lipinski definition) is 2. The molecule has 4 bridgehead atoms. The molecule has 130 valence electrons. The summed E-state index contributed by atoms with van der Waals surface area (Å²) in [6.07, 6.45) is 7.85. The lowest BCUT2D eigenvalue weighted by molar-refractivity contribution is -0.127. The van der Waals surface area contributed by atoms with Gasteiger partial charge in [-0.3, -0.25) is 4.79 Å². The van der Waals surface area contributed by atoms with Gasteiger partial charge < -0.3 is 10.6 Å². The van der Waals surface area contributed by atoms with Crippen molar-refractivity contribution in [1.29, 1.82) is 0 Å². The molecule has 0 saturated heterocycles. The first-order valence-corrected chi connectivity index (χ1v) is 9.59. The van der Waals surface area contributed by atoms with Gasteiger partial charge in [-0.15, -0.1) is 0 Å². The van der Waals surface area contributed by atoms with Crippen LogP contribution in [0.5, 0.6) is 0 Å². The number of carbonyl (C=O) groups is 1. The summed E-state index contributed by atoms with van der Waals surface area (Å²) in [7, 11) is 0. The summed E-state index contributed by atoms with van der Waals surface area (Å²) in [5, 5.41) is 6.90. The Hall–Kier alpha value is -1.51.